The van der Waals surface area contributed by atoms with Crippen LogP contribution in [-0.4, -0.2) is 46.5 Å². The van der Waals surface area contributed by atoms with Crippen molar-refractivity contribution in [1.29, 1.82) is 0 Å². The van der Waals surface area contributed by atoms with E-state index in [1.54, 1.807) is 33.8 Å². The molecule has 0 saturated carbocycles. The molecule has 0 aliphatic carbocycles. The molecular formula is C25H39N3O4. The maximum atomic E-state index is 13.4. The zero-order valence-electron chi connectivity index (χ0n) is 21.0. The van der Waals surface area contributed by atoms with E-state index in [-0.39, 0.29) is 12.5 Å². The smallest absolute Gasteiger partial charge is 0.408 e. The average Bonchev–Trinajstić information content (AvgIpc) is 2.60. The van der Waals surface area contributed by atoms with Crippen LogP contribution in [0.3, 0.4) is 0 Å². The minimum atomic E-state index is -0.903. The third-order valence-corrected chi connectivity index (χ3v) is 4.71. The molecule has 0 heterocycles. The van der Waals surface area contributed by atoms with Gasteiger partial charge in [0.25, 0.3) is 0 Å². The Hall–Kier alpha value is -2.83. The highest BCUT2D eigenvalue weighted by atomic mass is 16.6. The van der Waals surface area contributed by atoms with Gasteiger partial charge in [0, 0.05) is 12.1 Å². The SMILES string of the molecule is C=CCN(C(=O)C(C)NC(=O)OC(C)(C)C)C(C(=O)NC(C)(C)C)c1cccc(C)c1C. The minimum absolute atomic E-state index is 0.134. The second kappa shape index (κ2) is 10.7. The third-order valence-electron chi connectivity index (χ3n) is 4.71. The number of ether oxygens (including phenoxy) is 1. The normalized spacial score (nSPS) is 13.5. The van der Waals surface area contributed by atoms with E-state index in [9.17, 15) is 14.4 Å². The highest BCUT2D eigenvalue weighted by Gasteiger charge is 2.36. The van der Waals surface area contributed by atoms with Crippen LogP contribution in [0.1, 0.15) is 71.2 Å². The summed E-state index contributed by atoms with van der Waals surface area (Å²) in [7, 11) is 0. The van der Waals surface area contributed by atoms with Crippen molar-refractivity contribution < 1.29 is 19.1 Å². The van der Waals surface area contributed by atoms with Crippen LogP contribution in [-0.2, 0) is 14.3 Å². The van der Waals surface area contributed by atoms with E-state index in [2.05, 4.69) is 17.2 Å². The molecule has 2 unspecified atom stereocenters. The molecule has 0 saturated heterocycles. The summed E-state index contributed by atoms with van der Waals surface area (Å²) in [5.74, 6) is -0.711. The maximum absolute atomic E-state index is 13.4. The van der Waals surface area contributed by atoms with Crippen molar-refractivity contribution in [1.82, 2.24) is 15.5 Å². The Morgan fingerprint density at radius 1 is 1.12 bits per heavy atom. The summed E-state index contributed by atoms with van der Waals surface area (Å²) in [4.78, 5) is 40.5. The molecule has 0 aromatic heterocycles. The van der Waals surface area contributed by atoms with Crippen LogP contribution in [0.15, 0.2) is 30.9 Å². The summed E-state index contributed by atoms with van der Waals surface area (Å²) in [5.41, 5.74) is 1.49. The molecule has 0 aliphatic heterocycles. The molecule has 3 amide bonds. The molecule has 7 nitrogen and oxygen atoms in total. The van der Waals surface area contributed by atoms with Gasteiger partial charge in [-0.05, 0) is 79.0 Å². The Labute approximate surface area is 192 Å². The van der Waals surface area contributed by atoms with E-state index in [1.165, 1.54) is 4.90 Å². The lowest BCUT2D eigenvalue weighted by molar-refractivity contribution is -0.142. The maximum Gasteiger partial charge on any atom is 0.408 e. The first-order chi connectivity index (χ1) is 14.6. The van der Waals surface area contributed by atoms with Crippen molar-refractivity contribution in [2.45, 2.75) is 85.5 Å². The van der Waals surface area contributed by atoms with Crippen LogP contribution < -0.4 is 10.6 Å². The molecule has 1 rings (SSSR count). The number of alkyl carbamates (subject to hydrolysis) is 1. The highest BCUT2D eigenvalue weighted by molar-refractivity contribution is 5.92. The number of carbonyl (C=O) groups excluding carboxylic acids is 3. The fourth-order valence-corrected chi connectivity index (χ4v) is 3.22. The Morgan fingerprint density at radius 2 is 1.72 bits per heavy atom. The van der Waals surface area contributed by atoms with Crippen LogP contribution in [0.5, 0.6) is 0 Å². The molecule has 0 bridgehead atoms. The van der Waals surface area contributed by atoms with E-state index < -0.39 is 35.2 Å². The van der Waals surface area contributed by atoms with Crippen LogP contribution in [0, 0.1) is 13.8 Å². The lowest BCUT2D eigenvalue weighted by Crippen LogP contribution is -2.54. The largest absolute Gasteiger partial charge is 0.444 e. The summed E-state index contributed by atoms with van der Waals surface area (Å²) in [6.45, 7) is 20.3. The fraction of sp³-hybridized carbons (Fsp3) is 0.560. The number of nitrogens with zero attached hydrogens (tertiary/aromatic N) is 1. The second-order valence-electron chi connectivity index (χ2n) is 10.1. The topological polar surface area (TPSA) is 87.7 Å². The molecule has 1 aromatic carbocycles. The second-order valence-corrected chi connectivity index (χ2v) is 10.1. The van der Waals surface area contributed by atoms with Crippen molar-refractivity contribution in [3.63, 3.8) is 0 Å². The average molecular weight is 446 g/mol. The number of benzene rings is 1. The van der Waals surface area contributed by atoms with Crippen molar-refractivity contribution in [3.8, 4) is 0 Å². The van der Waals surface area contributed by atoms with Crippen LogP contribution >= 0.6 is 0 Å². The van der Waals surface area contributed by atoms with Gasteiger partial charge < -0.3 is 20.3 Å². The zero-order valence-corrected chi connectivity index (χ0v) is 21.0. The van der Waals surface area contributed by atoms with Gasteiger partial charge in [-0.3, -0.25) is 9.59 Å². The van der Waals surface area contributed by atoms with Crippen molar-refractivity contribution in [2.24, 2.45) is 0 Å². The molecule has 178 valence electrons. The summed E-state index contributed by atoms with van der Waals surface area (Å²) >= 11 is 0. The van der Waals surface area contributed by atoms with Gasteiger partial charge in [-0.25, -0.2) is 4.79 Å². The van der Waals surface area contributed by atoms with E-state index in [0.717, 1.165) is 16.7 Å². The number of rotatable bonds is 7. The Kier molecular flexibility index (Phi) is 9.06. The summed E-state index contributed by atoms with van der Waals surface area (Å²) in [6.07, 6.45) is 0.875. The molecule has 2 N–H and O–H groups in total. The van der Waals surface area contributed by atoms with Gasteiger partial charge in [0.05, 0.1) is 0 Å². The quantitative estimate of drug-likeness (QED) is 0.616. The third kappa shape index (κ3) is 8.02. The summed E-state index contributed by atoms with van der Waals surface area (Å²) in [6, 6.07) is 3.89. The Bertz CT molecular complexity index is 850. The monoisotopic (exact) mass is 445 g/mol. The molecule has 0 radical (unpaired) electrons. The molecule has 2 atom stereocenters. The predicted molar refractivity (Wildman–Crippen MR) is 127 cm³/mol. The van der Waals surface area contributed by atoms with E-state index in [1.807, 2.05) is 52.8 Å². The molecule has 0 aliphatic rings. The van der Waals surface area contributed by atoms with E-state index >= 15 is 0 Å². The summed E-state index contributed by atoms with van der Waals surface area (Å²) < 4.78 is 5.27. The van der Waals surface area contributed by atoms with Crippen molar-refractivity contribution in [3.05, 3.63) is 47.5 Å². The van der Waals surface area contributed by atoms with Crippen LogP contribution in [0.25, 0.3) is 0 Å². The van der Waals surface area contributed by atoms with Gasteiger partial charge >= 0.3 is 6.09 Å². The molecule has 32 heavy (non-hydrogen) atoms. The number of hydrogen-bond donors (Lipinski definition) is 2. The first-order valence-corrected chi connectivity index (χ1v) is 10.9. The Balaban J connectivity index is 3.39. The molecule has 0 fully saturated rings. The number of nitrogens with one attached hydrogen (secondary N) is 2. The van der Waals surface area contributed by atoms with Gasteiger partial charge in [0.1, 0.15) is 17.7 Å². The Morgan fingerprint density at radius 3 is 2.22 bits per heavy atom. The minimum Gasteiger partial charge on any atom is -0.444 e. The number of aryl methyl sites for hydroxylation is 1. The van der Waals surface area contributed by atoms with E-state index in [0.29, 0.717) is 0 Å². The highest BCUT2D eigenvalue weighted by Crippen LogP contribution is 2.28. The first kappa shape index (κ1) is 27.2. The molecular weight excluding hydrogens is 406 g/mol. The number of carbonyl (C=O) groups is 3. The van der Waals surface area contributed by atoms with Crippen molar-refractivity contribution in [2.75, 3.05) is 6.54 Å². The van der Waals surface area contributed by atoms with Crippen molar-refractivity contribution >= 4 is 17.9 Å². The molecule has 0 spiro atoms. The fourth-order valence-electron chi connectivity index (χ4n) is 3.22. The lowest BCUT2D eigenvalue weighted by Gasteiger charge is -2.35. The van der Waals surface area contributed by atoms with Gasteiger partial charge in [-0.15, -0.1) is 6.58 Å². The van der Waals surface area contributed by atoms with Gasteiger partial charge in [-0.2, -0.15) is 0 Å². The number of amides is 3. The van der Waals surface area contributed by atoms with Gasteiger partial charge in [0.15, 0.2) is 0 Å². The zero-order chi connectivity index (χ0) is 24.9. The van der Waals surface area contributed by atoms with Crippen LogP contribution in [0.2, 0.25) is 0 Å². The van der Waals surface area contributed by atoms with Crippen LogP contribution in [0.4, 0.5) is 4.79 Å². The predicted octanol–water partition coefficient (Wildman–Crippen LogP) is 4.19. The molecule has 1 aromatic rings. The first-order valence-electron chi connectivity index (χ1n) is 10.9. The standard InChI is InChI=1S/C25H39N3O4/c1-11-15-28(22(30)18(4)26-23(31)32-25(8,9)10)20(21(29)27-24(5,6)7)19-14-12-13-16(2)17(19)3/h11-14,18,20H,1,15H2,2-10H3,(H,26,31)(H,27,29). The summed E-state index contributed by atoms with van der Waals surface area (Å²) in [5, 5.41) is 5.57. The van der Waals surface area contributed by atoms with Gasteiger partial charge in [-0.1, -0.05) is 24.3 Å². The van der Waals surface area contributed by atoms with Gasteiger partial charge in [0.2, 0.25) is 11.8 Å². The number of hydrogen-bond acceptors (Lipinski definition) is 4. The molecule has 7 heteroatoms. The lowest BCUT2D eigenvalue weighted by atomic mass is 9.94. The van der Waals surface area contributed by atoms with E-state index in [4.69, 9.17) is 4.74 Å².